The Balaban J connectivity index is 2.58. The van der Waals surface area contributed by atoms with E-state index in [0.717, 1.165) is 19.3 Å². The quantitative estimate of drug-likeness (QED) is 0.476. The number of hydrogen-bond donors (Lipinski definition) is 0. The van der Waals surface area contributed by atoms with Crippen LogP contribution in [0.25, 0.3) is 0 Å². The van der Waals surface area contributed by atoms with Crippen molar-refractivity contribution < 1.29 is 19.1 Å². The summed E-state index contributed by atoms with van der Waals surface area (Å²) in [5.74, 6) is -1.05. The van der Waals surface area contributed by atoms with Crippen molar-refractivity contribution in [2.24, 2.45) is 17.8 Å². The number of esters is 1. The summed E-state index contributed by atoms with van der Waals surface area (Å²) in [5.41, 5.74) is 0. The van der Waals surface area contributed by atoms with Crippen molar-refractivity contribution in [1.82, 2.24) is 0 Å². The van der Waals surface area contributed by atoms with Crippen LogP contribution >= 0.6 is 0 Å². The minimum Gasteiger partial charge on any atom is -0.465 e. The molecule has 0 aromatic heterocycles. The summed E-state index contributed by atoms with van der Waals surface area (Å²) in [5, 5.41) is 0. The molecule has 1 aliphatic carbocycles. The third kappa shape index (κ3) is 5.53. The summed E-state index contributed by atoms with van der Waals surface area (Å²) in [6.45, 7) is 6.00. The van der Waals surface area contributed by atoms with Gasteiger partial charge in [-0.1, -0.05) is 13.8 Å². The number of rotatable bonds is 9. The number of ketones is 2. The molecule has 0 spiro atoms. The maximum atomic E-state index is 12.1. The van der Waals surface area contributed by atoms with Gasteiger partial charge >= 0.3 is 5.97 Å². The lowest BCUT2D eigenvalue weighted by molar-refractivity contribution is -0.153. The molecule has 0 saturated heterocycles. The van der Waals surface area contributed by atoms with Gasteiger partial charge in [-0.15, -0.1) is 0 Å². The Labute approximate surface area is 114 Å². The fraction of sp³-hybridized carbons (Fsp3) is 0.800. The topological polar surface area (TPSA) is 60.4 Å². The van der Waals surface area contributed by atoms with Crippen molar-refractivity contribution in [1.29, 1.82) is 0 Å². The van der Waals surface area contributed by atoms with Gasteiger partial charge in [-0.2, -0.15) is 0 Å². The number of Topliss-reactive ketones (excluding diaryl/α,β-unsaturated/α-hetero) is 2. The highest BCUT2D eigenvalue weighted by atomic mass is 16.5. The molecule has 0 heterocycles. The van der Waals surface area contributed by atoms with Crippen LogP contribution in [0.3, 0.4) is 0 Å². The molecule has 0 amide bonds. The fourth-order valence-electron chi connectivity index (χ4n) is 1.95. The van der Waals surface area contributed by atoms with E-state index in [-0.39, 0.29) is 30.5 Å². The molecule has 0 radical (unpaired) electrons. The third-order valence-corrected chi connectivity index (χ3v) is 3.37. The normalized spacial score (nSPS) is 16.2. The minimum absolute atomic E-state index is 0.0282. The molecule has 4 nitrogen and oxygen atoms in total. The van der Waals surface area contributed by atoms with E-state index in [9.17, 15) is 14.4 Å². The van der Waals surface area contributed by atoms with Crippen LogP contribution in [0.15, 0.2) is 0 Å². The van der Waals surface area contributed by atoms with Crippen LogP contribution < -0.4 is 0 Å². The number of carbonyl (C=O) groups excluding carboxylic acids is 3. The molecule has 0 aliphatic heterocycles. The first-order chi connectivity index (χ1) is 8.95. The Morgan fingerprint density at radius 2 is 1.84 bits per heavy atom. The molecule has 19 heavy (non-hydrogen) atoms. The van der Waals surface area contributed by atoms with Gasteiger partial charge in [0.15, 0.2) is 0 Å². The van der Waals surface area contributed by atoms with Gasteiger partial charge in [0.25, 0.3) is 0 Å². The highest BCUT2D eigenvalue weighted by Gasteiger charge is 2.36. The van der Waals surface area contributed by atoms with Crippen molar-refractivity contribution in [3.05, 3.63) is 0 Å². The molecule has 1 aliphatic rings. The molecule has 1 fully saturated rings. The second-order valence-corrected chi connectivity index (χ2v) is 5.65. The lowest BCUT2D eigenvalue weighted by atomic mass is 9.91. The van der Waals surface area contributed by atoms with Crippen LogP contribution in [0.5, 0.6) is 0 Å². The van der Waals surface area contributed by atoms with Gasteiger partial charge in [0.05, 0.1) is 6.61 Å². The lowest BCUT2D eigenvalue weighted by Gasteiger charge is -2.14. The molecule has 1 saturated carbocycles. The lowest BCUT2D eigenvalue weighted by Crippen LogP contribution is -2.29. The van der Waals surface area contributed by atoms with Crippen LogP contribution in [0, 0.1) is 17.8 Å². The second kappa shape index (κ2) is 7.41. The van der Waals surface area contributed by atoms with E-state index in [0.29, 0.717) is 12.3 Å². The molecular weight excluding hydrogens is 244 g/mol. The zero-order valence-electron chi connectivity index (χ0n) is 12.1. The maximum Gasteiger partial charge on any atom is 0.316 e. The minimum atomic E-state index is -0.883. The Morgan fingerprint density at radius 3 is 2.32 bits per heavy atom. The van der Waals surface area contributed by atoms with Crippen LogP contribution in [0.4, 0.5) is 0 Å². The standard InChI is InChI=1S/C15H24O4/c1-4-19-15(18)12(9-14(17)11-6-7-11)13(16)8-5-10(2)3/h10-12H,4-9H2,1-3H3. The predicted octanol–water partition coefficient (Wildman–Crippen LogP) is 2.54. The molecule has 1 atom stereocenters. The molecule has 0 bridgehead atoms. The van der Waals surface area contributed by atoms with Crippen molar-refractivity contribution in [3.8, 4) is 0 Å². The van der Waals surface area contributed by atoms with Crippen LogP contribution in [-0.4, -0.2) is 24.1 Å². The van der Waals surface area contributed by atoms with Gasteiger partial charge in [0.1, 0.15) is 17.5 Å². The van der Waals surface area contributed by atoms with Gasteiger partial charge in [0, 0.05) is 18.8 Å². The number of carbonyl (C=O) groups is 3. The Bertz CT molecular complexity index is 342. The summed E-state index contributed by atoms with van der Waals surface area (Å²) in [7, 11) is 0. The zero-order chi connectivity index (χ0) is 14.4. The first-order valence-electron chi connectivity index (χ1n) is 7.17. The molecule has 0 aromatic rings. The van der Waals surface area contributed by atoms with E-state index >= 15 is 0 Å². The van der Waals surface area contributed by atoms with E-state index in [2.05, 4.69) is 0 Å². The summed E-state index contributed by atoms with van der Waals surface area (Å²) >= 11 is 0. The fourth-order valence-corrected chi connectivity index (χ4v) is 1.95. The molecule has 1 rings (SSSR count). The van der Waals surface area contributed by atoms with E-state index in [1.165, 1.54) is 0 Å². The zero-order valence-corrected chi connectivity index (χ0v) is 12.1. The first-order valence-corrected chi connectivity index (χ1v) is 7.17. The Kier molecular flexibility index (Phi) is 6.19. The van der Waals surface area contributed by atoms with Gasteiger partial charge in [-0.3, -0.25) is 14.4 Å². The average molecular weight is 268 g/mol. The van der Waals surface area contributed by atoms with Crippen LogP contribution in [-0.2, 0) is 19.1 Å². The van der Waals surface area contributed by atoms with E-state index in [1.54, 1.807) is 6.92 Å². The monoisotopic (exact) mass is 268 g/mol. The van der Waals surface area contributed by atoms with Crippen molar-refractivity contribution in [2.75, 3.05) is 6.61 Å². The maximum absolute atomic E-state index is 12.1. The molecule has 0 aromatic carbocycles. The molecule has 4 heteroatoms. The van der Waals surface area contributed by atoms with Crippen LogP contribution in [0.2, 0.25) is 0 Å². The SMILES string of the molecule is CCOC(=O)C(CC(=O)C1CC1)C(=O)CCC(C)C. The average Bonchev–Trinajstić information content (AvgIpc) is 3.17. The molecule has 1 unspecified atom stereocenters. The summed E-state index contributed by atoms with van der Waals surface area (Å²) < 4.78 is 4.92. The smallest absolute Gasteiger partial charge is 0.316 e. The van der Waals surface area contributed by atoms with Crippen molar-refractivity contribution in [3.63, 3.8) is 0 Å². The van der Waals surface area contributed by atoms with Gasteiger partial charge in [-0.25, -0.2) is 0 Å². The van der Waals surface area contributed by atoms with E-state index in [1.807, 2.05) is 13.8 Å². The van der Waals surface area contributed by atoms with Gasteiger partial charge in [-0.05, 0) is 32.1 Å². The summed E-state index contributed by atoms with van der Waals surface area (Å²) in [6, 6.07) is 0. The van der Waals surface area contributed by atoms with Gasteiger partial charge in [0.2, 0.25) is 0 Å². The number of hydrogen-bond acceptors (Lipinski definition) is 4. The molecular formula is C15H24O4. The van der Waals surface area contributed by atoms with Crippen LogP contribution in [0.1, 0.15) is 52.9 Å². The Morgan fingerprint density at radius 1 is 1.21 bits per heavy atom. The van der Waals surface area contributed by atoms with Crippen molar-refractivity contribution in [2.45, 2.75) is 52.9 Å². The van der Waals surface area contributed by atoms with Gasteiger partial charge < -0.3 is 4.74 Å². The highest BCUT2D eigenvalue weighted by molar-refractivity contribution is 6.03. The summed E-state index contributed by atoms with van der Waals surface area (Å²) in [4.78, 5) is 35.7. The van der Waals surface area contributed by atoms with E-state index in [4.69, 9.17) is 4.74 Å². The molecule has 108 valence electrons. The highest BCUT2D eigenvalue weighted by Crippen LogP contribution is 2.32. The first kappa shape index (κ1) is 15.9. The molecule has 0 N–H and O–H groups in total. The van der Waals surface area contributed by atoms with E-state index < -0.39 is 11.9 Å². The summed E-state index contributed by atoms with van der Waals surface area (Å²) in [6.07, 6.45) is 2.91. The number of ether oxygens (including phenoxy) is 1. The predicted molar refractivity (Wildman–Crippen MR) is 71.6 cm³/mol. The Hall–Kier alpha value is -1.19. The van der Waals surface area contributed by atoms with Crippen molar-refractivity contribution >= 4 is 17.5 Å². The largest absolute Gasteiger partial charge is 0.465 e. The second-order valence-electron chi connectivity index (χ2n) is 5.65. The third-order valence-electron chi connectivity index (χ3n) is 3.37.